The minimum atomic E-state index is -3.66. The molecule has 0 radical (unpaired) electrons. The second kappa shape index (κ2) is 6.90. The van der Waals surface area contributed by atoms with Crippen molar-refractivity contribution in [2.75, 3.05) is 20.6 Å². The predicted octanol–water partition coefficient (Wildman–Crippen LogP) is 1.32. The van der Waals surface area contributed by atoms with E-state index in [1.54, 1.807) is 13.0 Å². The lowest BCUT2D eigenvalue weighted by molar-refractivity contribution is -0.143. The van der Waals surface area contributed by atoms with Gasteiger partial charge in [-0.1, -0.05) is 6.07 Å². The average molecular weight is 354 g/mol. The summed E-state index contributed by atoms with van der Waals surface area (Å²) in [7, 11) is -0.827. The molecule has 0 aliphatic carbocycles. The number of carbonyl (C=O) groups excluding carboxylic acids is 1. The van der Waals surface area contributed by atoms with Gasteiger partial charge in [0.1, 0.15) is 6.04 Å². The van der Waals surface area contributed by atoms with Crippen LogP contribution in [-0.4, -0.2) is 61.3 Å². The van der Waals surface area contributed by atoms with Crippen LogP contribution < -0.4 is 0 Å². The Morgan fingerprint density at radius 2 is 1.92 bits per heavy atom. The van der Waals surface area contributed by atoms with Crippen molar-refractivity contribution in [1.82, 2.24) is 9.21 Å². The summed E-state index contributed by atoms with van der Waals surface area (Å²) >= 11 is 0. The summed E-state index contributed by atoms with van der Waals surface area (Å²) in [6.45, 7) is 2.07. The molecule has 1 N–H and O–H groups in total. The molecular weight excluding hydrogens is 332 g/mol. The third-order valence-electron chi connectivity index (χ3n) is 4.27. The number of hydrogen-bond donors (Lipinski definition) is 1. The number of sulfonamides is 1. The molecule has 1 heterocycles. The number of carbonyl (C=O) groups is 2. The van der Waals surface area contributed by atoms with Crippen LogP contribution in [0.5, 0.6) is 0 Å². The summed E-state index contributed by atoms with van der Waals surface area (Å²) in [6, 6.07) is 3.50. The molecule has 1 aliphatic heterocycles. The number of likely N-dealkylation sites (tertiary alicyclic amines) is 1. The van der Waals surface area contributed by atoms with E-state index in [-0.39, 0.29) is 10.5 Å². The SMILES string of the molecule is Cc1ccc(S(=O)(=O)N(C)C)cc1C(=O)N1CCCC[C@@H]1C(=O)O. The summed E-state index contributed by atoms with van der Waals surface area (Å²) < 4.78 is 25.6. The van der Waals surface area contributed by atoms with Gasteiger partial charge in [0.05, 0.1) is 4.90 Å². The van der Waals surface area contributed by atoms with E-state index in [0.717, 1.165) is 17.1 Å². The van der Waals surface area contributed by atoms with E-state index in [2.05, 4.69) is 0 Å². The zero-order valence-electron chi connectivity index (χ0n) is 14.0. The van der Waals surface area contributed by atoms with E-state index in [1.807, 2.05) is 0 Å². The van der Waals surface area contributed by atoms with Crippen LogP contribution in [0, 0.1) is 6.92 Å². The molecule has 0 aromatic heterocycles. The maximum absolute atomic E-state index is 12.8. The fourth-order valence-electron chi connectivity index (χ4n) is 2.79. The van der Waals surface area contributed by atoms with Gasteiger partial charge in [-0.05, 0) is 43.9 Å². The van der Waals surface area contributed by atoms with Crippen molar-refractivity contribution in [1.29, 1.82) is 0 Å². The van der Waals surface area contributed by atoms with Crippen molar-refractivity contribution >= 4 is 21.9 Å². The number of aliphatic carboxylic acids is 1. The Balaban J connectivity index is 2.44. The van der Waals surface area contributed by atoms with Gasteiger partial charge in [-0.3, -0.25) is 4.79 Å². The van der Waals surface area contributed by atoms with Crippen LogP contribution in [0.15, 0.2) is 23.1 Å². The summed E-state index contributed by atoms with van der Waals surface area (Å²) in [5, 5.41) is 9.33. The molecule has 2 rings (SSSR count). The number of carboxylic acids is 1. The third-order valence-corrected chi connectivity index (χ3v) is 6.08. The lowest BCUT2D eigenvalue weighted by Crippen LogP contribution is -2.48. The largest absolute Gasteiger partial charge is 0.480 e. The second-order valence-corrected chi connectivity index (χ2v) is 8.26. The Kier molecular flexibility index (Phi) is 5.29. The first-order chi connectivity index (χ1) is 11.2. The van der Waals surface area contributed by atoms with E-state index < -0.39 is 27.9 Å². The number of piperidine rings is 1. The fraction of sp³-hybridized carbons (Fsp3) is 0.500. The number of hydrogen-bond acceptors (Lipinski definition) is 4. The van der Waals surface area contributed by atoms with Crippen LogP contribution in [-0.2, 0) is 14.8 Å². The minimum absolute atomic E-state index is 0.0188. The molecule has 132 valence electrons. The van der Waals surface area contributed by atoms with Crippen LogP contribution in [0.2, 0.25) is 0 Å². The fourth-order valence-corrected chi connectivity index (χ4v) is 3.72. The molecule has 1 fully saturated rings. The van der Waals surface area contributed by atoms with Gasteiger partial charge in [0, 0.05) is 26.2 Å². The lowest BCUT2D eigenvalue weighted by atomic mass is 9.99. The molecule has 0 bridgehead atoms. The molecule has 0 unspecified atom stereocenters. The van der Waals surface area contributed by atoms with Gasteiger partial charge >= 0.3 is 5.97 Å². The van der Waals surface area contributed by atoms with Crippen LogP contribution >= 0.6 is 0 Å². The Labute approximate surface area is 141 Å². The number of benzene rings is 1. The first kappa shape index (κ1) is 18.4. The maximum Gasteiger partial charge on any atom is 0.326 e. The van der Waals surface area contributed by atoms with Crippen molar-refractivity contribution in [2.45, 2.75) is 37.1 Å². The van der Waals surface area contributed by atoms with Crippen molar-refractivity contribution in [3.05, 3.63) is 29.3 Å². The minimum Gasteiger partial charge on any atom is -0.480 e. The average Bonchev–Trinajstić information content (AvgIpc) is 2.54. The summed E-state index contributed by atoms with van der Waals surface area (Å²) in [5.41, 5.74) is 0.846. The quantitative estimate of drug-likeness (QED) is 0.880. The zero-order chi connectivity index (χ0) is 18.1. The number of nitrogens with zero attached hydrogens (tertiary/aromatic N) is 2. The van der Waals surface area contributed by atoms with E-state index in [4.69, 9.17) is 0 Å². The van der Waals surface area contributed by atoms with Crippen molar-refractivity contribution in [3.63, 3.8) is 0 Å². The van der Waals surface area contributed by atoms with Crippen molar-refractivity contribution in [3.8, 4) is 0 Å². The van der Waals surface area contributed by atoms with Gasteiger partial charge in [0.25, 0.3) is 5.91 Å². The Morgan fingerprint density at radius 3 is 2.50 bits per heavy atom. The maximum atomic E-state index is 12.8. The number of carboxylic acid groups (broad SMARTS) is 1. The Bertz CT molecular complexity index is 758. The highest BCUT2D eigenvalue weighted by Crippen LogP contribution is 2.24. The highest BCUT2D eigenvalue weighted by Gasteiger charge is 2.33. The molecule has 1 atom stereocenters. The molecule has 24 heavy (non-hydrogen) atoms. The van der Waals surface area contributed by atoms with Crippen molar-refractivity contribution < 1.29 is 23.1 Å². The summed E-state index contributed by atoms with van der Waals surface area (Å²) in [6.07, 6.45) is 1.91. The first-order valence-corrected chi connectivity index (χ1v) is 9.17. The second-order valence-electron chi connectivity index (χ2n) is 6.11. The van der Waals surface area contributed by atoms with Gasteiger partial charge in [-0.15, -0.1) is 0 Å². The van der Waals surface area contributed by atoms with Gasteiger partial charge in [0.15, 0.2) is 0 Å². The van der Waals surface area contributed by atoms with Crippen molar-refractivity contribution in [2.24, 2.45) is 0 Å². The monoisotopic (exact) mass is 354 g/mol. The lowest BCUT2D eigenvalue weighted by Gasteiger charge is -2.33. The summed E-state index contributed by atoms with van der Waals surface area (Å²) in [4.78, 5) is 25.6. The van der Waals surface area contributed by atoms with E-state index in [0.29, 0.717) is 18.5 Å². The molecule has 0 saturated carbocycles. The predicted molar refractivity (Wildman–Crippen MR) is 88.4 cm³/mol. The highest BCUT2D eigenvalue weighted by molar-refractivity contribution is 7.89. The van der Waals surface area contributed by atoms with E-state index in [1.165, 1.54) is 31.1 Å². The smallest absolute Gasteiger partial charge is 0.326 e. The number of rotatable bonds is 4. The number of amides is 1. The Morgan fingerprint density at radius 1 is 1.25 bits per heavy atom. The number of aryl methyl sites for hydroxylation is 1. The molecule has 0 spiro atoms. The molecule has 8 heteroatoms. The molecule has 1 aromatic rings. The summed E-state index contributed by atoms with van der Waals surface area (Å²) in [5.74, 6) is -1.46. The Hall–Kier alpha value is -1.93. The van der Waals surface area contributed by atoms with E-state index >= 15 is 0 Å². The molecule has 1 saturated heterocycles. The standard InChI is InChI=1S/C16H22N2O5S/c1-11-7-8-12(24(22,23)17(2)3)10-13(11)15(19)18-9-5-4-6-14(18)16(20)21/h7-8,10,14H,4-6,9H2,1-3H3,(H,20,21)/t14-/m1/s1. The van der Waals surface area contributed by atoms with Crippen LogP contribution in [0.3, 0.4) is 0 Å². The van der Waals surface area contributed by atoms with Gasteiger partial charge in [0.2, 0.25) is 10.0 Å². The molecule has 1 aliphatic rings. The zero-order valence-corrected chi connectivity index (χ0v) is 14.8. The topological polar surface area (TPSA) is 95.0 Å². The normalized spacial score (nSPS) is 18.7. The third kappa shape index (κ3) is 3.44. The van der Waals surface area contributed by atoms with Crippen LogP contribution in [0.4, 0.5) is 0 Å². The van der Waals surface area contributed by atoms with Crippen LogP contribution in [0.1, 0.15) is 35.2 Å². The van der Waals surface area contributed by atoms with Gasteiger partial charge in [-0.25, -0.2) is 17.5 Å². The molecule has 7 nitrogen and oxygen atoms in total. The van der Waals surface area contributed by atoms with Gasteiger partial charge < -0.3 is 10.0 Å². The molecular formula is C16H22N2O5S. The first-order valence-electron chi connectivity index (χ1n) is 7.73. The molecule has 1 amide bonds. The molecule has 1 aromatic carbocycles. The van der Waals surface area contributed by atoms with E-state index in [9.17, 15) is 23.1 Å². The highest BCUT2D eigenvalue weighted by atomic mass is 32.2. The van der Waals surface area contributed by atoms with Crippen LogP contribution in [0.25, 0.3) is 0 Å². The van der Waals surface area contributed by atoms with Gasteiger partial charge in [-0.2, -0.15) is 0 Å².